The highest BCUT2D eigenvalue weighted by Crippen LogP contribution is 2.24. The van der Waals surface area contributed by atoms with Crippen molar-refractivity contribution < 1.29 is 14.3 Å². The van der Waals surface area contributed by atoms with E-state index in [2.05, 4.69) is 15.8 Å². The van der Waals surface area contributed by atoms with Crippen molar-refractivity contribution in [3.8, 4) is 5.75 Å². The van der Waals surface area contributed by atoms with E-state index in [0.29, 0.717) is 32.1 Å². The summed E-state index contributed by atoms with van der Waals surface area (Å²) in [5.74, 6) is -1.27. The molecule has 2 amide bonds. The molecule has 3 rings (SSSR count). The summed E-state index contributed by atoms with van der Waals surface area (Å²) in [5.41, 5.74) is 4.82. The second-order valence-corrected chi connectivity index (χ2v) is 7.93. The van der Waals surface area contributed by atoms with E-state index in [0.717, 1.165) is 11.1 Å². The lowest BCUT2D eigenvalue weighted by molar-refractivity contribution is -0.136. The van der Waals surface area contributed by atoms with Gasteiger partial charge < -0.3 is 10.1 Å². The van der Waals surface area contributed by atoms with Gasteiger partial charge in [0.1, 0.15) is 12.4 Å². The summed E-state index contributed by atoms with van der Waals surface area (Å²) in [7, 11) is 0. The number of nitrogens with zero attached hydrogens (tertiary/aromatic N) is 1. The Morgan fingerprint density at radius 3 is 2.50 bits per heavy atom. The first-order valence-corrected chi connectivity index (χ1v) is 10.5. The van der Waals surface area contributed by atoms with E-state index in [1.807, 2.05) is 6.92 Å². The van der Waals surface area contributed by atoms with Crippen molar-refractivity contribution in [2.24, 2.45) is 5.10 Å². The highest BCUT2D eigenvalue weighted by atomic mass is 35.5. The molecule has 0 saturated carbocycles. The molecule has 3 aromatic rings. The number of carbonyl (C=O) groups excluding carboxylic acids is 2. The minimum Gasteiger partial charge on any atom is -0.488 e. The monoisotopic (exact) mass is 489 g/mol. The molecule has 2 N–H and O–H groups in total. The molecule has 0 aromatic heterocycles. The molecule has 0 aliphatic heterocycles. The Morgan fingerprint density at radius 1 is 0.969 bits per heavy atom. The number of ether oxygens (including phenoxy) is 1. The zero-order valence-electron chi connectivity index (χ0n) is 16.9. The Bertz CT molecular complexity index is 1180. The molecule has 3 aromatic carbocycles. The predicted molar refractivity (Wildman–Crippen MR) is 128 cm³/mol. The van der Waals surface area contributed by atoms with Gasteiger partial charge in [0.05, 0.1) is 6.21 Å². The van der Waals surface area contributed by atoms with Gasteiger partial charge in [-0.15, -0.1) is 0 Å². The zero-order chi connectivity index (χ0) is 23.1. The van der Waals surface area contributed by atoms with E-state index in [1.54, 1.807) is 60.7 Å². The summed E-state index contributed by atoms with van der Waals surface area (Å²) in [5, 5.41) is 7.83. The van der Waals surface area contributed by atoms with Crippen LogP contribution in [-0.4, -0.2) is 18.0 Å². The third-order valence-electron chi connectivity index (χ3n) is 4.32. The first-order chi connectivity index (χ1) is 15.3. The number of benzene rings is 3. The van der Waals surface area contributed by atoms with Gasteiger partial charge in [0.2, 0.25) is 0 Å². The number of rotatable bonds is 6. The topological polar surface area (TPSA) is 79.8 Å². The van der Waals surface area contributed by atoms with E-state index in [4.69, 9.17) is 39.5 Å². The molecule has 164 valence electrons. The van der Waals surface area contributed by atoms with E-state index in [-0.39, 0.29) is 6.61 Å². The fourth-order valence-corrected chi connectivity index (χ4v) is 3.23. The summed E-state index contributed by atoms with van der Waals surface area (Å²) in [6.45, 7) is 2.05. The van der Waals surface area contributed by atoms with Gasteiger partial charge in [0, 0.05) is 31.9 Å². The molecule has 9 heteroatoms. The van der Waals surface area contributed by atoms with Gasteiger partial charge in [-0.25, -0.2) is 5.43 Å². The number of para-hydroxylation sites is 1. The molecule has 0 unspecified atom stereocenters. The number of hydrogen-bond acceptors (Lipinski definition) is 4. The second-order valence-electron chi connectivity index (χ2n) is 6.68. The molecule has 0 aliphatic carbocycles. The summed E-state index contributed by atoms with van der Waals surface area (Å²) in [4.78, 5) is 24.1. The smallest absolute Gasteiger partial charge is 0.329 e. The number of halogens is 3. The maximum absolute atomic E-state index is 12.0. The van der Waals surface area contributed by atoms with Crippen LogP contribution in [-0.2, 0) is 16.2 Å². The number of amides is 2. The van der Waals surface area contributed by atoms with Gasteiger partial charge in [-0.2, -0.15) is 5.10 Å². The molecule has 32 heavy (non-hydrogen) atoms. The van der Waals surface area contributed by atoms with Crippen LogP contribution in [0.5, 0.6) is 5.75 Å². The van der Waals surface area contributed by atoms with Crippen LogP contribution in [0.3, 0.4) is 0 Å². The molecule has 0 atom stereocenters. The van der Waals surface area contributed by atoms with Crippen LogP contribution in [0, 0.1) is 6.92 Å². The maximum Gasteiger partial charge on any atom is 0.329 e. The number of nitrogens with one attached hydrogen (secondary N) is 2. The standard InChI is InChI=1S/C23H18Cl3N3O3/c1-14-6-9-18(11-19(14)25)28-22(30)23(31)29-27-12-15-4-2-3-5-21(15)32-13-16-7-8-17(24)10-20(16)26/h2-12H,13H2,1H3,(H,28,30)(H,29,31)/b27-12-. The van der Waals surface area contributed by atoms with Crippen molar-refractivity contribution >= 4 is 58.5 Å². The molecule has 0 heterocycles. The van der Waals surface area contributed by atoms with Gasteiger partial charge >= 0.3 is 11.8 Å². The van der Waals surface area contributed by atoms with E-state index >= 15 is 0 Å². The van der Waals surface area contributed by atoms with Crippen LogP contribution in [0.15, 0.2) is 65.8 Å². The van der Waals surface area contributed by atoms with Gasteiger partial charge in [0.25, 0.3) is 0 Å². The Labute approximate surface area is 200 Å². The third kappa shape index (κ3) is 6.47. The van der Waals surface area contributed by atoms with Crippen LogP contribution in [0.4, 0.5) is 5.69 Å². The van der Waals surface area contributed by atoms with Crippen LogP contribution in [0.25, 0.3) is 0 Å². The fourth-order valence-electron chi connectivity index (χ4n) is 2.58. The van der Waals surface area contributed by atoms with Crippen molar-refractivity contribution in [1.29, 1.82) is 0 Å². The van der Waals surface area contributed by atoms with Gasteiger partial charge in [0.15, 0.2) is 0 Å². The molecular weight excluding hydrogens is 473 g/mol. The maximum atomic E-state index is 12.0. The van der Waals surface area contributed by atoms with Crippen molar-refractivity contribution in [2.75, 3.05) is 5.32 Å². The summed E-state index contributed by atoms with van der Waals surface area (Å²) in [6, 6.07) is 17.2. The number of hydrazone groups is 1. The third-order valence-corrected chi connectivity index (χ3v) is 5.32. The zero-order valence-corrected chi connectivity index (χ0v) is 19.1. The number of aryl methyl sites for hydroxylation is 1. The first-order valence-electron chi connectivity index (χ1n) is 9.40. The normalized spacial score (nSPS) is 10.8. The minimum absolute atomic E-state index is 0.217. The van der Waals surface area contributed by atoms with Crippen molar-refractivity contribution in [1.82, 2.24) is 5.43 Å². The molecule has 0 saturated heterocycles. The molecule has 0 radical (unpaired) electrons. The van der Waals surface area contributed by atoms with Crippen LogP contribution in [0.1, 0.15) is 16.7 Å². The summed E-state index contributed by atoms with van der Waals surface area (Å²) < 4.78 is 5.83. The fraction of sp³-hybridized carbons (Fsp3) is 0.0870. The highest BCUT2D eigenvalue weighted by molar-refractivity contribution is 6.40. The molecule has 0 spiro atoms. The van der Waals surface area contributed by atoms with Gasteiger partial charge in [-0.1, -0.05) is 59.1 Å². The molecular formula is C23H18Cl3N3O3. The lowest BCUT2D eigenvalue weighted by atomic mass is 10.2. The largest absolute Gasteiger partial charge is 0.488 e. The number of hydrogen-bond donors (Lipinski definition) is 2. The van der Waals surface area contributed by atoms with Crippen molar-refractivity contribution in [3.63, 3.8) is 0 Å². The Kier molecular flexibility index (Phi) is 8.11. The Balaban J connectivity index is 1.59. The Morgan fingerprint density at radius 2 is 1.75 bits per heavy atom. The van der Waals surface area contributed by atoms with Crippen LogP contribution >= 0.6 is 34.8 Å². The minimum atomic E-state index is -0.927. The summed E-state index contributed by atoms with van der Waals surface area (Å²) in [6.07, 6.45) is 1.38. The molecule has 6 nitrogen and oxygen atoms in total. The number of carbonyl (C=O) groups is 2. The van der Waals surface area contributed by atoms with Crippen molar-refractivity contribution in [2.45, 2.75) is 13.5 Å². The molecule has 0 aliphatic rings. The SMILES string of the molecule is Cc1ccc(NC(=O)C(=O)N/N=C\c2ccccc2OCc2ccc(Cl)cc2Cl)cc1Cl. The number of anilines is 1. The Hall–Kier alpha value is -3.06. The lowest BCUT2D eigenvalue weighted by Gasteiger charge is -2.10. The average molecular weight is 491 g/mol. The average Bonchev–Trinajstić information content (AvgIpc) is 2.76. The quantitative estimate of drug-likeness (QED) is 0.267. The summed E-state index contributed by atoms with van der Waals surface area (Å²) >= 11 is 18.1. The van der Waals surface area contributed by atoms with E-state index in [9.17, 15) is 9.59 Å². The van der Waals surface area contributed by atoms with E-state index in [1.165, 1.54) is 6.21 Å². The lowest BCUT2D eigenvalue weighted by Crippen LogP contribution is -2.32. The highest BCUT2D eigenvalue weighted by Gasteiger charge is 2.13. The predicted octanol–water partition coefficient (Wildman–Crippen LogP) is 5.62. The van der Waals surface area contributed by atoms with E-state index < -0.39 is 11.8 Å². The molecule has 0 bridgehead atoms. The van der Waals surface area contributed by atoms with Crippen LogP contribution in [0.2, 0.25) is 15.1 Å². The van der Waals surface area contributed by atoms with Crippen molar-refractivity contribution in [3.05, 3.63) is 92.4 Å². The van der Waals surface area contributed by atoms with Gasteiger partial charge in [-0.05, 0) is 48.9 Å². The van der Waals surface area contributed by atoms with Gasteiger partial charge in [-0.3, -0.25) is 9.59 Å². The second kappa shape index (κ2) is 11.0. The molecule has 0 fully saturated rings. The first kappa shape index (κ1) is 23.6. The van der Waals surface area contributed by atoms with Crippen LogP contribution < -0.4 is 15.5 Å².